The van der Waals surface area contributed by atoms with Crippen molar-refractivity contribution in [1.29, 1.82) is 0 Å². The first-order chi connectivity index (χ1) is 40.8. The smallest absolute Gasteiger partial charge is 0.220 e. The second-order valence-electron chi connectivity index (χ2n) is 23.6. The number of ether oxygens (including phenoxy) is 6. The number of amides is 1. The molecule has 3 saturated heterocycles. The number of aliphatic hydroxyl groups excluding tert-OH is 11. The third-order valence-corrected chi connectivity index (χ3v) is 16.3. The van der Waals surface area contributed by atoms with Crippen LogP contribution < -0.4 is 5.32 Å². The van der Waals surface area contributed by atoms with E-state index in [9.17, 15) is 61.0 Å². The summed E-state index contributed by atoms with van der Waals surface area (Å²) in [6.07, 6.45) is 28.0. The number of nitrogens with one attached hydrogen (secondary N) is 1. The molecule has 3 fully saturated rings. The third-order valence-electron chi connectivity index (χ3n) is 16.3. The molecule has 0 aromatic carbocycles. The van der Waals surface area contributed by atoms with Crippen molar-refractivity contribution in [3.63, 3.8) is 0 Å². The molecule has 0 bridgehead atoms. The minimum Gasteiger partial charge on any atom is -0.394 e. The number of rotatable bonds is 49. The van der Waals surface area contributed by atoms with Gasteiger partial charge in [-0.05, 0) is 64.2 Å². The van der Waals surface area contributed by atoms with Crippen molar-refractivity contribution in [2.45, 2.75) is 330 Å². The molecule has 3 rings (SSSR count). The van der Waals surface area contributed by atoms with Gasteiger partial charge in [0.2, 0.25) is 5.91 Å². The van der Waals surface area contributed by atoms with Crippen molar-refractivity contribution in [2.24, 2.45) is 0 Å². The summed E-state index contributed by atoms with van der Waals surface area (Å²) in [6, 6.07) is -0.993. The molecular weight excluding hydrogens is 1080 g/mol. The van der Waals surface area contributed by atoms with Crippen LogP contribution in [0.25, 0.3) is 0 Å². The Morgan fingerprint density at radius 2 is 0.798 bits per heavy atom. The van der Waals surface area contributed by atoms with E-state index in [-0.39, 0.29) is 18.9 Å². The van der Waals surface area contributed by atoms with Crippen molar-refractivity contribution in [1.82, 2.24) is 5.32 Å². The van der Waals surface area contributed by atoms with E-state index in [0.29, 0.717) is 12.8 Å². The fraction of sp³-hybridized carbons (Fsp3) is 0.862. The molecule has 3 aliphatic rings. The van der Waals surface area contributed by atoms with Crippen LogP contribution in [0.2, 0.25) is 0 Å². The van der Waals surface area contributed by atoms with Gasteiger partial charge in [-0.3, -0.25) is 4.79 Å². The van der Waals surface area contributed by atoms with Crippen molar-refractivity contribution < 1.29 is 89.4 Å². The average molecular weight is 1200 g/mol. The monoisotopic (exact) mass is 1200 g/mol. The zero-order chi connectivity index (χ0) is 61.2. The zero-order valence-electron chi connectivity index (χ0n) is 51.4. The van der Waals surface area contributed by atoms with Crippen LogP contribution >= 0.6 is 0 Å². The summed E-state index contributed by atoms with van der Waals surface area (Å²) in [5, 5.41) is 120. The van der Waals surface area contributed by atoms with Crippen LogP contribution in [0.4, 0.5) is 0 Å². The molecule has 490 valence electrons. The van der Waals surface area contributed by atoms with E-state index in [1.54, 1.807) is 6.08 Å². The zero-order valence-corrected chi connectivity index (χ0v) is 51.4. The van der Waals surface area contributed by atoms with Gasteiger partial charge in [-0.25, -0.2) is 0 Å². The highest BCUT2D eigenvalue weighted by Gasteiger charge is 2.53. The second-order valence-corrected chi connectivity index (χ2v) is 23.6. The lowest BCUT2D eigenvalue weighted by atomic mass is 9.96. The van der Waals surface area contributed by atoms with Gasteiger partial charge in [0.1, 0.15) is 73.2 Å². The van der Waals surface area contributed by atoms with Gasteiger partial charge >= 0.3 is 0 Å². The van der Waals surface area contributed by atoms with Crippen molar-refractivity contribution in [2.75, 3.05) is 26.4 Å². The van der Waals surface area contributed by atoms with E-state index in [0.717, 1.165) is 57.8 Å². The van der Waals surface area contributed by atoms with Crippen LogP contribution in [-0.2, 0) is 33.2 Å². The first-order valence-electron chi connectivity index (χ1n) is 32.9. The molecule has 0 spiro atoms. The quantitative estimate of drug-likeness (QED) is 0.0208. The Hall–Kier alpha value is -2.25. The van der Waals surface area contributed by atoms with Gasteiger partial charge < -0.3 is 89.9 Å². The lowest BCUT2D eigenvalue weighted by Crippen LogP contribution is -2.66. The largest absolute Gasteiger partial charge is 0.394 e. The number of carbonyl (C=O) groups is 1. The molecule has 0 aromatic rings. The Morgan fingerprint density at radius 1 is 0.429 bits per heavy atom. The molecule has 17 atom stereocenters. The molecule has 12 N–H and O–H groups in total. The molecule has 0 aliphatic carbocycles. The van der Waals surface area contributed by atoms with Gasteiger partial charge in [0.05, 0.1) is 38.6 Å². The number of hydrogen-bond donors (Lipinski definition) is 12. The van der Waals surface area contributed by atoms with Crippen LogP contribution in [-0.4, -0.2) is 193 Å². The maximum Gasteiger partial charge on any atom is 0.220 e. The number of unbranched alkanes of at least 4 members (excludes halogenated alkanes) is 27. The van der Waals surface area contributed by atoms with Crippen LogP contribution in [0.3, 0.4) is 0 Å². The molecule has 19 nitrogen and oxygen atoms in total. The van der Waals surface area contributed by atoms with Crippen molar-refractivity contribution in [3.8, 4) is 0 Å². The summed E-state index contributed by atoms with van der Waals surface area (Å²) in [6.45, 7) is 1.69. The standard InChI is InChI=1S/C65H117NO18/c1-3-5-7-9-11-13-15-17-19-21-23-25-26-28-30-32-34-36-38-40-42-49(70)48(66-53(71)43-41-39-37-35-33-31-29-27-24-22-20-18-16-14-12-10-8-6-4-2)47-79-63-59(77)56(74)61(51(45-68)81-63)84-65-60(78)57(75)62(52(46-69)82-65)83-64-58(76)55(73)54(72)50(44-67)80-64/h12,14,18,20,32,34,40,42,48-52,54-65,67-70,72-78H,3-11,13,15-17,19,21-31,33,35-39,41,43-47H2,1-2H3,(H,66,71)/b14-12-,20-18-,34-32+,42-40+. The molecule has 3 aliphatic heterocycles. The normalized spacial score (nSPS) is 29.5. The second kappa shape index (κ2) is 47.7. The predicted octanol–water partition coefficient (Wildman–Crippen LogP) is 7.43. The summed E-state index contributed by atoms with van der Waals surface area (Å²) in [5.41, 5.74) is 0. The Labute approximate surface area is 503 Å². The van der Waals surface area contributed by atoms with E-state index < -0.39 is 124 Å². The molecule has 0 saturated carbocycles. The lowest BCUT2D eigenvalue weighted by molar-refractivity contribution is -0.379. The molecule has 17 unspecified atom stereocenters. The number of aliphatic hydroxyl groups is 11. The summed E-state index contributed by atoms with van der Waals surface area (Å²) in [7, 11) is 0. The van der Waals surface area contributed by atoms with Crippen molar-refractivity contribution >= 4 is 5.91 Å². The van der Waals surface area contributed by atoms with Gasteiger partial charge in [0, 0.05) is 6.42 Å². The van der Waals surface area contributed by atoms with E-state index in [4.69, 9.17) is 28.4 Å². The SMILES string of the molecule is CCCCC/C=C\C/C=C\CCCCCCCCCCCC(=O)NC(COC1OC(CO)C(OC2OC(CO)C(OC3OC(CO)C(O)C(O)C3O)C(O)C2O)C(O)C1O)C(O)/C=C/CC/C=C/CCCCCCCCCCCCCCCC. The Morgan fingerprint density at radius 3 is 1.29 bits per heavy atom. The first-order valence-corrected chi connectivity index (χ1v) is 32.9. The predicted molar refractivity (Wildman–Crippen MR) is 323 cm³/mol. The topological polar surface area (TPSA) is 307 Å². The van der Waals surface area contributed by atoms with Crippen LogP contribution in [0, 0.1) is 0 Å². The Bertz CT molecular complexity index is 1720. The van der Waals surface area contributed by atoms with Gasteiger partial charge in [-0.2, -0.15) is 0 Å². The van der Waals surface area contributed by atoms with E-state index in [1.807, 2.05) is 6.08 Å². The minimum atomic E-state index is -1.98. The molecule has 0 aromatic heterocycles. The lowest BCUT2D eigenvalue weighted by Gasteiger charge is -2.48. The minimum absolute atomic E-state index is 0.230. The first kappa shape index (κ1) is 76.0. The van der Waals surface area contributed by atoms with Gasteiger partial charge in [0.25, 0.3) is 0 Å². The average Bonchev–Trinajstić information content (AvgIpc) is 2.79. The fourth-order valence-electron chi connectivity index (χ4n) is 10.9. The summed E-state index contributed by atoms with van der Waals surface area (Å²) in [4.78, 5) is 13.4. The highest BCUT2D eigenvalue weighted by molar-refractivity contribution is 5.76. The Kier molecular flexibility index (Phi) is 43.2. The number of carbonyl (C=O) groups excluding carboxylic acids is 1. The molecule has 3 heterocycles. The van der Waals surface area contributed by atoms with Crippen LogP contribution in [0.15, 0.2) is 48.6 Å². The maximum absolute atomic E-state index is 13.4. The van der Waals surface area contributed by atoms with Crippen LogP contribution in [0.1, 0.15) is 226 Å². The molecule has 0 radical (unpaired) electrons. The molecule has 19 heteroatoms. The number of hydrogen-bond acceptors (Lipinski definition) is 18. The molecule has 1 amide bonds. The van der Waals surface area contributed by atoms with Crippen LogP contribution in [0.5, 0.6) is 0 Å². The van der Waals surface area contributed by atoms with E-state index >= 15 is 0 Å². The summed E-state index contributed by atoms with van der Waals surface area (Å²) in [5.74, 6) is -0.290. The van der Waals surface area contributed by atoms with E-state index in [2.05, 4.69) is 55.6 Å². The summed E-state index contributed by atoms with van der Waals surface area (Å²) < 4.78 is 34.3. The van der Waals surface area contributed by atoms with E-state index in [1.165, 1.54) is 135 Å². The van der Waals surface area contributed by atoms with Crippen molar-refractivity contribution in [3.05, 3.63) is 48.6 Å². The van der Waals surface area contributed by atoms with Gasteiger partial charge in [-0.1, -0.05) is 204 Å². The highest BCUT2D eigenvalue weighted by Crippen LogP contribution is 2.33. The summed E-state index contributed by atoms with van der Waals surface area (Å²) >= 11 is 0. The molecular formula is C65H117NO18. The van der Waals surface area contributed by atoms with Gasteiger partial charge in [-0.15, -0.1) is 0 Å². The van der Waals surface area contributed by atoms with Gasteiger partial charge in [0.15, 0.2) is 18.9 Å². The fourth-order valence-corrected chi connectivity index (χ4v) is 10.9. The third kappa shape index (κ3) is 30.3. The molecule has 84 heavy (non-hydrogen) atoms. The highest BCUT2D eigenvalue weighted by atomic mass is 16.8. The maximum atomic E-state index is 13.4. The number of allylic oxidation sites excluding steroid dienone is 7. The Balaban J connectivity index is 1.49.